The molecule has 0 saturated carbocycles. The molecule has 1 radical (unpaired) electrons. The Balaban J connectivity index is 2.80. The lowest BCUT2D eigenvalue weighted by Gasteiger charge is -2.22. The fourth-order valence-electron chi connectivity index (χ4n) is 2.28. The molecule has 7 nitrogen and oxygen atoms in total. The van der Waals surface area contributed by atoms with Crippen molar-refractivity contribution < 1.29 is 24.1 Å². The zero-order chi connectivity index (χ0) is 19.5. The van der Waals surface area contributed by atoms with Gasteiger partial charge in [-0.15, -0.1) is 0 Å². The van der Waals surface area contributed by atoms with Gasteiger partial charge in [0.2, 0.25) is 5.91 Å². The van der Waals surface area contributed by atoms with Crippen LogP contribution in [0.1, 0.15) is 19.4 Å². The molecule has 0 fully saturated rings. The third kappa shape index (κ3) is 7.29. The number of carboxylic acid groups (broad SMARTS) is 1. The molecule has 1 aromatic carbocycles. The summed E-state index contributed by atoms with van der Waals surface area (Å²) >= 11 is 0. The van der Waals surface area contributed by atoms with Gasteiger partial charge in [0.25, 0.3) is 0 Å². The van der Waals surface area contributed by atoms with E-state index in [9.17, 15) is 14.7 Å². The van der Waals surface area contributed by atoms with Gasteiger partial charge in [0.05, 0.1) is 6.73 Å². The summed E-state index contributed by atoms with van der Waals surface area (Å²) in [7, 11) is 1.34. The maximum atomic E-state index is 12.5. The van der Waals surface area contributed by atoms with Gasteiger partial charge >= 0.3 is 13.5 Å². The van der Waals surface area contributed by atoms with Crippen LogP contribution in [0.5, 0.6) is 5.75 Å². The third-order valence-electron chi connectivity index (χ3n) is 3.67. The molecule has 4 N–H and O–H groups in total. The normalized spacial score (nSPS) is 12.9. The minimum Gasteiger partial charge on any atom is -0.490 e. The lowest BCUT2D eigenvalue weighted by Crippen LogP contribution is -2.46. The van der Waals surface area contributed by atoms with Crippen molar-refractivity contribution in [2.24, 2.45) is 11.7 Å². The van der Waals surface area contributed by atoms with Gasteiger partial charge in [-0.1, -0.05) is 38.6 Å². The highest BCUT2D eigenvalue weighted by atomic mass is 16.5. The summed E-state index contributed by atoms with van der Waals surface area (Å²) in [5.74, 6) is -1.71. The predicted octanol–water partition coefficient (Wildman–Crippen LogP) is 1.36. The van der Waals surface area contributed by atoms with Crippen LogP contribution in [0.3, 0.4) is 0 Å². The molecule has 0 aliphatic carbocycles. The summed E-state index contributed by atoms with van der Waals surface area (Å²) in [4.78, 5) is 23.8. The minimum absolute atomic E-state index is 0.0648. The minimum atomic E-state index is -1.07. The number of hydrogen-bond acceptors (Lipinski definition) is 5. The van der Waals surface area contributed by atoms with Crippen LogP contribution in [0.25, 0.3) is 0 Å². The van der Waals surface area contributed by atoms with Gasteiger partial charge in [0, 0.05) is 5.82 Å². The standard InChI is InChI=1S/C18H26BN2O5/c1-4-9-25-14-7-5-13(6-8-14)10-15(19-26-11-20)17(22)21-16(12(2)3)18(23)24/h4-8,12,15-16H,1,9-11,20H2,2-3H3,(H,21,22)(H,23,24)/t15-,16-/m0/s1. The number of amides is 1. The molecule has 2 atom stereocenters. The van der Waals surface area contributed by atoms with E-state index in [1.54, 1.807) is 32.1 Å². The Labute approximate surface area is 154 Å². The molecular weight excluding hydrogens is 335 g/mol. The summed E-state index contributed by atoms with van der Waals surface area (Å²) in [5.41, 5.74) is 6.21. The highest BCUT2D eigenvalue weighted by Gasteiger charge is 2.28. The molecule has 0 aliphatic heterocycles. The molecular formula is C18H26BN2O5. The quantitative estimate of drug-likeness (QED) is 0.295. The molecule has 0 bridgehead atoms. The smallest absolute Gasteiger partial charge is 0.326 e. The number of nitrogens with two attached hydrogens (primary N) is 1. The van der Waals surface area contributed by atoms with Gasteiger partial charge in [0.15, 0.2) is 0 Å². The number of carboxylic acids is 1. The van der Waals surface area contributed by atoms with E-state index >= 15 is 0 Å². The van der Waals surface area contributed by atoms with E-state index < -0.39 is 23.7 Å². The Kier molecular flexibility index (Phi) is 9.47. The van der Waals surface area contributed by atoms with Gasteiger partial charge in [-0.2, -0.15) is 0 Å². The largest absolute Gasteiger partial charge is 0.490 e. The Bertz CT molecular complexity index is 592. The highest BCUT2D eigenvalue weighted by molar-refractivity contribution is 6.37. The molecule has 0 unspecified atom stereocenters. The van der Waals surface area contributed by atoms with E-state index in [4.69, 9.17) is 15.1 Å². The van der Waals surface area contributed by atoms with Crippen LogP contribution < -0.4 is 15.8 Å². The van der Waals surface area contributed by atoms with Crippen LogP contribution >= 0.6 is 0 Å². The Morgan fingerprint density at radius 3 is 2.50 bits per heavy atom. The monoisotopic (exact) mass is 361 g/mol. The summed E-state index contributed by atoms with van der Waals surface area (Å²) in [6, 6.07) is 6.31. The number of benzene rings is 1. The molecule has 26 heavy (non-hydrogen) atoms. The number of ether oxygens (including phenoxy) is 1. The van der Waals surface area contributed by atoms with E-state index in [-0.39, 0.29) is 12.6 Å². The fraction of sp³-hybridized carbons (Fsp3) is 0.444. The second kappa shape index (κ2) is 11.3. The van der Waals surface area contributed by atoms with E-state index in [1.165, 1.54) is 7.48 Å². The topological polar surface area (TPSA) is 111 Å². The molecule has 0 aliphatic rings. The molecule has 1 aromatic rings. The summed E-state index contributed by atoms with van der Waals surface area (Å²) in [5, 5.41) is 11.8. The molecule has 0 spiro atoms. The van der Waals surface area contributed by atoms with Crippen molar-refractivity contribution in [2.45, 2.75) is 32.1 Å². The van der Waals surface area contributed by atoms with Crippen LogP contribution in [0.2, 0.25) is 5.82 Å². The van der Waals surface area contributed by atoms with E-state index in [0.717, 1.165) is 5.56 Å². The SMILES string of the molecule is C=CCOc1ccc(C[C@H]([B]OCN)C(=O)N[C@H](C(=O)O)C(C)C)cc1. The molecule has 0 saturated heterocycles. The van der Waals surface area contributed by atoms with Crippen LogP contribution in [-0.4, -0.2) is 43.8 Å². The molecule has 1 rings (SSSR count). The van der Waals surface area contributed by atoms with Crippen LogP contribution in [0, 0.1) is 5.92 Å². The predicted molar refractivity (Wildman–Crippen MR) is 99.9 cm³/mol. The Hall–Kier alpha value is -2.32. The van der Waals surface area contributed by atoms with Crippen molar-refractivity contribution in [1.82, 2.24) is 5.32 Å². The zero-order valence-electron chi connectivity index (χ0n) is 15.2. The second-order valence-corrected chi connectivity index (χ2v) is 6.09. The number of hydrogen-bond donors (Lipinski definition) is 3. The average Bonchev–Trinajstić information content (AvgIpc) is 2.61. The number of carbonyl (C=O) groups excluding carboxylic acids is 1. The van der Waals surface area contributed by atoms with Gasteiger partial charge in [-0.3, -0.25) is 4.79 Å². The second-order valence-electron chi connectivity index (χ2n) is 6.09. The molecule has 8 heteroatoms. The van der Waals surface area contributed by atoms with Gasteiger partial charge in [-0.05, 0) is 30.0 Å². The number of carbonyl (C=O) groups is 2. The maximum Gasteiger partial charge on any atom is 0.326 e. The average molecular weight is 361 g/mol. The first kappa shape index (κ1) is 21.7. The fourth-order valence-corrected chi connectivity index (χ4v) is 2.28. The Morgan fingerprint density at radius 2 is 2.00 bits per heavy atom. The van der Waals surface area contributed by atoms with Crippen LogP contribution in [0.4, 0.5) is 0 Å². The molecule has 141 valence electrons. The van der Waals surface area contributed by atoms with Crippen molar-refractivity contribution in [2.75, 3.05) is 13.3 Å². The van der Waals surface area contributed by atoms with Crippen molar-refractivity contribution in [3.63, 3.8) is 0 Å². The van der Waals surface area contributed by atoms with Crippen LogP contribution in [-0.2, 0) is 20.7 Å². The molecule has 0 aromatic heterocycles. The van der Waals surface area contributed by atoms with Crippen LogP contribution in [0.15, 0.2) is 36.9 Å². The van der Waals surface area contributed by atoms with E-state index in [1.807, 2.05) is 12.1 Å². The van der Waals surface area contributed by atoms with Gasteiger partial charge in [0.1, 0.15) is 18.4 Å². The summed E-state index contributed by atoms with van der Waals surface area (Å²) < 4.78 is 10.5. The van der Waals surface area contributed by atoms with E-state index in [0.29, 0.717) is 18.8 Å². The third-order valence-corrected chi connectivity index (χ3v) is 3.67. The summed E-state index contributed by atoms with van der Waals surface area (Å²) in [6.45, 7) is 7.40. The van der Waals surface area contributed by atoms with Crippen molar-refractivity contribution in [3.8, 4) is 5.75 Å². The first-order chi connectivity index (χ1) is 12.4. The van der Waals surface area contributed by atoms with Gasteiger partial charge in [-0.25, -0.2) is 4.79 Å². The van der Waals surface area contributed by atoms with Crippen molar-refractivity contribution in [3.05, 3.63) is 42.5 Å². The van der Waals surface area contributed by atoms with Crippen molar-refractivity contribution >= 4 is 19.4 Å². The number of aliphatic carboxylic acids is 1. The lowest BCUT2D eigenvalue weighted by atomic mass is 9.75. The molecule has 0 heterocycles. The maximum absolute atomic E-state index is 12.5. The van der Waals surface area contributed by atoms with E-state index in [2.05, 4.69) is 11.9 Å². The molecule has 1 amide bonds. The summed E-state index contributed by atoms with van der Waals surface area (Å²) in [6.07, 6.45) is 2.00. The first-order valence-corrected chi connectivity index (χ1v) is 8.39. The number of nitrogens with one attached hydrogen (secondary N) is 1. The number of rotatable bonds is 12. The lowest BCUT2D eigenvalue weighted by molar-refractivity contribution is -0.143. The van der Waals surface area contributed by atoms with Gasteiger partial charge < -0.3 is 25.5 Å². The first-order valence-electron chi connectivity index (χ1n) is 8.39. The highest BCUT2D eigenvalue weighted by Crippen LogP contribution is 2.18. The Morgan fingerprint density at radius 1 is 1.35 bits per heavy atom. The van der Waals surface area contributed by atoms with Crippen molar-refractivity contribution in [1.29, 1.82) is 0 Å². The zero-order valence-corrected chi connectivity index (χ0v) is 15.2.